The summed E-state index contributed by atoms with van der Waals surface area (Å²) in [7, 11) is 0. The van der Waals surface area contributed by atoms with Gasteiger partial charge >= 0.3 is 0 Å². The van der Waals surface area contributed by atoms with Crippen LogP contribution in [0, 0.1) is 0 Å². The standard InChI is InChI=1S/C22H26ClN7O.HI/c1-2-24-22(25-11-9-17-7-8-20(23)26-14-17)27-15-18-5-3-6-19(13-18)29-21(31)16-30-12-4-10-28-30;/h3-8,10,12-14H,2,9,11,15-16H2,1H3,(H,29,31)(H2,24,25,27);1H. The monoisotopic (exact) mass is 567 g/mol. The van der Waals surface area contributed by atoms with E-state index in [4.69, 9.17) is 11.6 Å². The van der Waals surface area contributed by atoms with Crippen LogP contribution in [-0.2, 0) is 24.3 Å². The molecule has 8 nitrogen and oxygen atoms in total. The van der Waals surface area contributed by atoms with Gasteiger partial charge < -0.3 is 16.0 Å². The van der Waals surface area contributed by atoms with Crippen molar-refractivity contribution in [2.75, 3.05) is 18.4 Å². The Labute approximate surface area is 209 Å². The van der Waals surface area contributed by atoms with Crippen LogP contribution in [0.4, 0.5) is 5.69 Å². The molecule has 0 aliphatic rings. The highest BCUT2D eigenvalue weighted by atomic mass is 127. The molecule has 0 aliphatic heterocycles. The molecule has 2 heterocycles. The first kappa shape index (κ1) is 25.6. The average molecular weight is 568 g/mol. The van der Waals surface area contributed by atoms with E-state index in [1.165, 1.54) is 0 Å². The highest BCUT2D eigenvalue weighted by Gasteiger charge is 2.05. The topological polar surface area (TPSA) is 96.2 Å². The number of nitrogens with one attached hydrogen (secondary N) is 3. The maximum Gasteiger partial charge on any atom is 0.246 e. The number of guanidine groups is 1. The second kappa shape index (κ2) is 13.7. The Morgan fingerprint density at radius 2 is 2.03 bits per heavy atom. The van der Waals surface area contributed by atoms with Crippen LogP contribution < -0.4 is 16.0 Å². The first-order valence-corrected chi connectivity index (χ1v) is 10.5. The third kappa shape index (κ3) is 8.83. The van der Waals surface area contributed by atoms with Crippen molar-refractivity contribution in [1.29, 1.82) is 0 Å². The lowest BCUT2D eigenvalue weighted by molar-refractivity contribution is -0.116. The van der Waals surface area contributed by atoms with Crippen LogP contribution in [0.3, 0.4) is 0 Å². The summed E-state index contributed by atoms with van der Waals surface area (Å²) in [5, 5.41) is 14.0. The lowest BCUT2D eigenvalue weighted by Crippen LogP contribution is -2.38. The van der Waals surface area contributed by atoms with E-state index in [-0.39, 0.29) is 36.4 Å². The van der Waals surface area contributed by atoms with Gasteiger partial charge in [0.15, 0.2) is 5.96 Å². The van der Waals surface area contributed by atoms with Gasteiger partial charge in [-0.15, -0.1) is 24.0 Å². The van der Waals surface area contributed by atoms with Gasteiger partial charge in [-0.2, -0.15) is 5.10 Å². The summed E-state index contributed by atoms with van der Waals surface area (Å²) in [6.07, 6.45) is 5.99. The van der Waals surface area contributed by atoms with Gasteiger partial charge in [0, 0.05) is 37.4 Å². The minimum absolute atomic E-state index is 0. The van der Waals surface area contributed by atoms with E-state index < -0.39 is 0 Å². The number of hydrogen-bond donors (Lipinski definition) is 3. The van der Waals surface area contributed by atoms with E-state index in [9.17, 15) is 4.79 Å². The Balaban J connectivity index is 0.00000363. The number of pyridine rings is 1. The number of aromatic nitrogens is 3. The van der Waals surface area contributed by atoms with E-state index in [1.807, 2.05) is 37.3 Å². The van der Waals surface area contributed by atoms with Crippen molar-refractivity contribution in [3.05, 3.63) is 77.3 Å². The van der Waals surface area contributed by atoms with Crippen molar-refractivity contribution in [2.45, 2.75) is 26.4 Å². The number of carbonyl (C=O) groups excluding carboxylic acids is 1. The van der Waals surface area contributed by atoms with Crippen molar-refractivity contribution in [3.63, 3.8) is 0 Å². The molecule has 2 aromatic heterocycles. The number of halogens is 2. The van der Waals surface area contributed by atoms with E-state index in [2.05, 4.69) is 31.0 Å². The van der Waals surface area contributed by atoms with Gasteiger partial charge in [0.25, 0.3) is 0 Å². The average Bonchev–Trinajstić information content (AvgIpc) is 3.26. The number of hydrogen-bond acceptors (Lipinski definition) is 4. The smallest absolute Gasteiger partial charge is 0.246 e. The molecule has 3 rings (SSSR count). The van der Waals surface area contributed by atoms with E-state index in [0.29, 0.717) is 11.7 Å². The predicted molar refractivity (Wildman–Crippen MR) is 138 cm³/mol. The third-order valence-corrected chi connectivity index (χ3v) is 4.56. The number of anilines is 1. The fraction of sp³-hybridized carbons (Fsp3) is 0.273. The Hall–Kier alpha value is -2.66. The van der Waals surface area contributed by atoms with Gasteiger partial charge in [0.05, 0.1) is 6.54 Å². The first-order chi connectivity index (χ1) is 15.1. The number of nitrogens with zero attached hydrogens (tertiary/aromatic N) is 4. The normalized spacial score (nSPS) is 10.9. The molecule has 0 radical (unpaired) electrons. The SMILES string of the molecule is CCNC(=NCc1cccc(NC(=O)Cn2cccn2)c1)NCCc1ccc(Cl)nc1.I. The zero-order chi connectivity index (χ0) is 21.9. The van der Waals surface area contributed by atoms with E-state index in [0.717, 1.165) is 42.3 Å². The van der Waals surface area contributed by atoms with E-state index in [1.54, 1.807) is 35.4 Å². The van der Waals surface area contributed by atoms with Crippen LogP contribution in [0.25, 0.3) is 0 Å². The molecule has 0 bridgehead atoms. The molecule has 3 aromatic rings. The number of amides is 1. The molecule has 0 aliphatic carbocycles. The Bertz CT molecular complexity index is 994. The molecule has 1 amide bonds. The number of benzene rings is 1. The molecule has 1 aromatic carbocycles. The lowest BCUT2D eigenvalue weighted by Gasteiger charge is -2.12. The van der Waals surface area contributed by atoms with Crippen molar-refractivity contribution in [1.82, 2.24) is 25.4 Å². The van der Waals surface area contributed by atoms with Crippen molar-refractivity contribution < 1.29 is 4.79 Å². The summed E-state index contributed by atoms with van der Waals surface area (Å²) < 4.78 is 1.58. The fourth-order valence-corrected chi connectivity index (χ4v) is 2.99. The quantitative estimate of drug-likeness (QED) is 0.159. The Kier molecular flexibility index (Phi) is 10.9. The number of rotatable bonds is 9. The van der Waals surface area contributed by atoms with Crippen LogP contribution in [0.15, 0.2) is 66.0 Å². The third-order valence-electron chi connectivity index (χ3n) is 4.33. The Morgan fingerprint density at radius 1 is 1.16 bits per heavy atom. The van der Waals surface area contributed by atoms with Crippen molar-refractivity contribution in [3.8, 4) is 0 Å². The molecule has 0 saturated heterocycles. The second-order valence-corrected chi connectivity index (χ2v) is 7.20. The summed E-state index contributed by atoms with van der Waals surface area (Å²) in [5.41, 5.74) is 2.83. The van der Waals surface area contributed by atoms with Crippen LogP contribution >= 0.6 is 35.6 Å². The van der Waals surface area contributed by atoms with Gasteiger partial charge in [0.1, 0.15) is 11.7 Å². The molecular formula is C22H27ClIN7O. The summed E-state index contributed by atoms with van der Waals surface area (Å²) >= 11 is 5.82. The highest BCUT2D eigenvalue weighted by molar-refractivity contribution is 14.0. The van der Waals surface area contributed by atoms with Gasteiger partial charge in [-0.1, -0.05) is 29.8 Å². The maximum atomic E-state index is 12.2. The van der Waals surface area contributed by atoms with Crippen LogP contribution in [0.2, 0.25) is 5.15 Å². The van der Waals surface area contributed by atoms with Crippen molar-refractivity contribution >= 4 is 53.1 Å². The lowest BCUT2D eigenvalue weighted by atomic mass is 10.2. The molecular weight excluding hydrogens is 541 g/mol. The van der Waals surface area contributed by atoms with Gasteiger partial charge in [0.2, 0.25) is 5.91 Å². The number of carbonyl (C=O) groups is 1. The Morgan fingerprint density at radius 3 is 2.75 bits per heavy atom. The summed E-state index contributed by atoms with van der Waals surface area (Å²) in [5.74, 6) is 0.605. The largest absolute Gasteiger partial charge is 0.357 e. The molecule has 32 heavy (non-hydrogen) atoms. The predicted octanol–water partition coefficient (Wildman–Crippen LogP) is 3.49. The van der Waals surface area contributed by atoms with E-state index >= 15 is 0 Å². The van der Waals surface area contributed by atoms with Crippen molar-refractivity contribution in [2.24, 2.45) is 4.99 Å². The minimum atomic E-state index is -0.129. The highest BCUT2D eigenvalue weighted by Crippen LogP contribution is 2.12. The summed E-state index contributed by atoms with van der Waals surface area (Å²) in [6, 6.07) is 13.2. The zero-order valence-corrected chi connectivity index (χ0v) is 20.9. The molecule has 0 atom stereocenters. The van der Waals surface area contributed by atoms with Gasteiger partial charge in [-0.3, -0.25) is 9.48 Å². The molecule has 170 valence electrons. The minimum Gasteiger partial charge on any atom is -0.357 e. The molecule has 0 unspecified atom stereocenters. The van der Waals surface area contributed by atoms with Crippen LogP contribution in [0.5, 0.6) is 0 Å². The number of aliphatic imine (C=N–C) groups is 1. The second-order valence-electron chi connectivity index (χ2n) is 6.81. The molecule has 0 fully saturated rings. The molecule has 0 saturated carbocycles. The molecule has 3 N–H and O–H groups in total. The van der Waals surface area contributed by atoms with Gasteiger partial charge in [-0.25, -0.2) is 9.98 Å². The molecule has 10 heteroatoms. The zero-order valence-electron chi connectivity index (χ0n) is 17.8. The van der Waals surface area contributed by atoms with Gasteiger partial charge in [-0.05, 0) is 48.7 Å². The molecule has 0 spiro atoms. The summed E-state index contributed by atoms with van der Waals surface area (Å²) in [6.45, 7) is 4.17. The van der Waals surface area contributed by atoms with Crippen LogP contribution in [-0.4, -0.2) is 39.7 Å². The van der Waals surface area contributed by atoms with Crippen LogP contribution in [0.1, 0.15) is 18.1 Å². The fourth-order valence-electron chi connectivity index (χ4n) is 2.88. The first-order valence-electron chi connectivity index (χ1n) is 10.1. The summed E-state index contributed by atoms with van der Waals surface area (Å²) in [4.78, 5) is 20.9. The maximum absolute atomic E-state index is 12.2.